The zero-order valence-corrected chi connectivity index (χ0v) is 11.7. The first-order valence-corrected chi connectivity index (χ1v) is 6.78. The number of pyridine rings is 1. The van der Waals surface area contributed by atoms with Crippen LogP contribution in [-0.2, 0) is 6.42 Å². The number of imidazole rings is 1. The molecule has 6 heteroatoms. The Morgan fingerprint density at radius 2 is 2.14 bits per heavy atom. The van der Waals surface area contributed by atoms with Gasteiger partial charge in [0.25, 0.3) is 0 Å². The summed E-state index contributed by atoms with van der Waals surface area (Å²) in [6.45, 7) is 2.74. The summed E-state index contributed by atoms with van der Waals surface area (Å²) in [5.41, 5.74) is 2.94. The lowest BCUT2D eigenvalue weighted by atomic mass is 10.2. The number of nitrogens with zero attached hydrogens (tertiary/aromatic N) is 4. The lowest BCUT2D eigenvalue weighted by molar-refractivity contribution is 0.962. The average molecular weight is 280 g/mol. The molecule has 0 saturated carbocycles. The predicted molar refractivity (Wildman–Crippen MR) is 80.8 cm³/mol. The number of aryl methyl sites for hydroxylation is 1. The van der Waals surface area contributed by atoms with Gasteiger partial charge in [0.05, 0.1) is 6.33 Å². The number of anilines is 1. The van der Waals surface area contributed by atoms with Crippen LogP contribution in [0, 0.1) is 6.92 Å². The first kappa shape index (κ1) is 13.2. The van der Waals surface area contributed by atoms with Crippen LogP contribution in [0.3, 0.4) is 0 Å². The average Bonchev–Trinajstić information content (AvgIpc) is 3.01. The molecule has 3 rings (SSSR count). The van der Waals surface area contributed by atoms with E-state index < -0.39 is 0 Å². The van der Waals surface area contributed by atoms with Gasteiger partial charge in [-0.3, -0.25) is 4.98 Å². The van der Waals surface area contributed by atoms with Crippen LogP contribution in [0.4, 0.5) is 5.82 Å². The number of aromatic amines is 1. The maximum atomic E-state index is 4.53. The van der Waals surface area contributed by atoms with Crippen molar-refractivity contribution in [2.75, 3.05) is 11.9 Å². The van der Waals surface area contributed by atoms with Gasteiger partial charge in [-0.1, -0.05) is 0 Å². The second-order valence-electron chi connectivity index (χ2n) is 4.71. The van der Waals surface area contributed by atoms with Crippen molar-refractivity contribution in [2.24, 2.45) is 0 Å². The standard InChI is InChI=1S/C15H16N6/c1-11-7-14(18-6-4-13-9-17-10-19-13)21-15(20-11)12-3-2-5-16-8-12/h2-3,5,7-10H,4,6H2,1H3,(H,17,19)(H,18,20,21). The van der Waals surface area contributed by atoms with Crippen LogP contribution in [0.25, 0.3) is 11.4 Å². The molecule has 6 nitrogen and oxygen atoms in total. The van der Waals surface area contributed by atoms with Crippen LogP contribution in [0.2, 0.25) is 0 Å². The van der Waals surface area contributed by atoms with Gasteiger partial charge < -0.3 is 10.3 Å². The molecule has 2 N–H and O–H groups in total. The van der Waals surface area contributed by atoms with Crippen molar-refractivity contribution in [3.05, 3.63) is 54.5 Å². The van der Waals surface area contributed by atoms with Crippen LogP contribution in [0.15, 0.2) is 43.1 Å². The second kappa shape index (κ2) is 6.13. The van der Waals surface area contributed by atoms with Crippen molar-refractivity contribution < 1.29 is 0 Å². The van der Waals surface area contributed by atoms with E-state index in [-0.39, 0.29) is 0 Å². The number of nitrogens with one attached hydrogen (secondary N) is 2. The minimum absolute atomic E-state index is 0.687. The van der Waals surface area contributed by atoms with Crippen molar-refractivity contribution in [1.29, 1.82) is 0 Å². The Bertz CT molecular complexity index is 693. The van der Waals surface area contributed by atoms with Gasteiger partial charge in [0.15, 0.2) is 5.82 Å². The van der Waals surface area contributed by atoms with Gasteiger partial charge in [-0.05, 0) is 19.1 Å². The van der Waals surface area contributed by atoms with E-state index in [2.05, 4.69) is 30.2 Å². The summed E-state index contributed by atoms with van der Waals surface area (Å²) < 4.78 is 0. The first-order chi connectivity index (χ1) is 10.3. The van der Waals surface area contributed by atoms with Crippen LogP contribution < -0.4 is 5.32 Å². The van der Waals surface area contributed by atoms with Gasteiger partial charge in [-0.25, -0.2) is 15.0 Å². The van der Waals surface area contributed by atoms with Gasteiger partial charge >= 0.3 is 0 Å². The van der Waals surface area contributed by atoms with Gasteiger partial charge in [0, 0.05) is 54.6 Å². The molecule has 3 aromatic rings. The molecule has 0 aliphatic rings. The molecule has 0 radical (unpaired) electrons. The summed E-state index contributed by atoms with van der Waals surface area (Å²) in [5, 5.41) is 3.31. The molecule has 0 aliphatic carbocycles. The van der Waals surface area contributed by atoms with Crippen LogP contribution in [0.1, 0.15) is 11.4 Å². The molecule has 0 atom stereocenters. The third-order valence-corrected chi connectivity index (χ3v) is 3.03. The summed E-state index contributed by atoms with van der Waals surface area (Å²) in [5.74, 6) is 1.51. The third-order valence-electron chi connectivity index (χ3n) is 3.03. The predicted octanol–water partition coefficient (Wildman–Crippen LogP) is 2.22. The van der Waals surface area contributed by atoms with Gasteiger partial charge in [0.2, 0.25) is 0 Å². The van der Waals surface area contributed by atoms with E-state index in [1.807, 2.05) is 31.3 Å². The molecular formula is C15H16N6. The molecule has 0 amide bonds. The highest BCUT2D eigenvalue weighted by atomic mass is 15.0. The van der Waals surface area contributed by atoms with E-state index in [4.69, 9.17) is 0 Å². The Morgan fingerprint density at radius 3 is 2.90 bits per heavy atom. The molecule has 0 aromatic carbocycles. The van der Waals surface area contributed by atoms with E-state index in [9.17, 15) is 0 Å². The molecule has 21 heavy (non-hydrogen) atoms. The number of aromatic nitrogens is 5. The molecule has 0 unspecified atom stereocenters. The van der Waals surface area contributed by atoms with Crippen molar-refractivity contribution in [1.82, 2.24) is 24.9 Å². The molecule has 0 aliphatic heterocycles. The highest BCUT2D eigenvalue weighted by Gasteiger charge is 2.05. The molecule has 106 valence electrons. The maximum Gasteiger partial charge on any atom is 0.163 e. The zero-order valence-electron chi connectivity index (χ0n) is 11.7. The van der Waals surface area contributed by atoms with Crippen molar-refractivity contribution in [3.63, 3.8) is 0 Å². The van der Waals surface area contributed by atoms with Crippen LogP contribution >= 0.6 is 0 Å². The van der Waals surface area contributed by atoms with Gasteiger partial charge in [-0.2, -0.15) is 0 Å². The lowest BCUT2D eigenvalue weighted by Crippen LogP contribution is -2.08. The topological polar surface area (TPSA) is 79.4 Å². The van der Waals surface area contributed by atoms with Crippen LogP contribution in [-0.4, -0.2) is 31.5 Å². The van der Waals surface area contributed by atoms with E-state index in [1.54, 1.807) is 18.7 Å². The number of rotatable bonds is 5. The monoisotopic (exact) mass is 280 g/mol. The van der Waals surface area contributed by atoms with E-state index in [0.29, 0.717) is 5.82 Å². The Morgan fingerprint density at radius 1 is 1.19 bits per heavy atom. The smallest absolute Gasteiger partial charge is 0.163 e. The maximum absolute atomic E-state index is 4.53. The SMILES string of the molecule is Cc1cc(NCCc2cnc[nH]2)nc(-c2cccnc2)n1. The van der Waals surface area contributed by atoms with Crippen LogP contribution in [0.5, 0.6) is 0 Å². The summed E-state index contributed by atoms with van der Waals surface area (Å²) in [6.07, 6.45) is 7.88. The second-order valence-corrected chi connectivity index (χ2v) is 4.71. The molecule has 3 aromatic heterocycles. The summed E-state index contributed by atoms with van der Waals surface area (Å²) in [7, 11) is 0. The fourth-order valence-corrected chi connectivity index (χ4v) is 2.03. The highest BCUT2D eigenvalue weighted by molar-refractivity contribution is 5.56. The number of hydrogen-bond donors (Lipinski definition) is 2. The zero-order chi connectivity index (χ0) is 14.5. The highest BCUT2D eigenvalue weighted by Crippen LogP contribution is 2.16. The number of hydrogen-bond acceptors (Lipinski definition) is 5. The summed E-state index contributed by atoms with van der Waals surface area (Å²) >= 11 is 0. The molecule has 0 fully saturated rings. The Hall–Kier alpha value is -2.76. The molecule has 0 saturated heterocycles. The minimum Gasteiger partial charge on any atom is -0.370 e. The quantitative estimate of drug-likeness (QED) is 0.749. The van der Waals surface area contributed by atoms with Crippen molar-refractivity contribution in [2.45, 2.75) is 13.3 Å². The molecular weight excluding hydrogens is 264 g/mol. The Kier molecular flexibility index (Phi) is 3.86. The van der Waals surface area contributed by atoms with E-state index in [0.717, 1.165) is 35.7 Å². The fourth-order valence-electron chi connectivity index (χ4n) is 2.03. The van der Waals surface area contributed by atoms with Crippen molar-refractivity contribution >= 4 is 5.82 Å². The largest absolute Gasteiger partial charge is 0.370 e. The number of H-pyrrole nitrogens is 1. The third kappa shape index (κ3) is 3.42. The Balaban J connectivity index is 1.72. The Labute approximate surface area is 122 Å². The van der Waals surface area contributed by atoms with Crippen molar-refractivity contribution in [3.8, 4) is 11.4 Å². The van der Waals surface area contributed by atoms with Gasteiger partial charge in [0.1, 0.15) is 5.82 Å². The first-order valence-electron chi connectivity index (χ1n) is 6.78. The molecule has 0 spiro atoms. The normalized spacial score (nSPS) is 10.5. The molecule has 3 heterocycles. The lowest BCUT2D eigenvalue weighted by Gasteiger charge is -2.08. The van der Waals surface area contributed by atoms with E-state index >= 15 is 0 Å². The summed E-state index contributed by atoms with van der Waals surface area (Å²) in [4.78, 5) is 20.2. The molecule has 0 bridgehead atoms. The van der Waals surface area contributed by atoms with E-state index in [1.165, 1.54) is 0 Å². The minimum atomic E-state index is 0.687. The van der Waals surface area contributed by atoms with Gasteiger partial charge in [-0.15, -0.1) is 0 Å². The fraction of sp³-hybridized carbons (Fsp3) is 0.200. The summed E-state index contributed by atoms with van der Waals surface area (Å²) in [6, 6.07) is 5.77.